The van der Waals surface area contributed by atoms with Gasteiger partial charge in [-0.2, -0.15) is 0 Å². The Bertz CT molecular complexity index is 733. The smallest absolute Gasteiger partial charge is 0.306 e. The molecule has 2 amide bonds. The molecule has 0 aliphatic rings. The van der Waals surface area contributed by atoms with Crippen molar-refractivity contribution in [2.45, 2.75) is 26.3 Å². The number of hydrogen-bond donors (Lipinski definition) is 2. The SMILES string of the molecule is Cc1nnc(NC(=O)CCC(=O)OCC(=O)NCc2ccccc2)s1. The summed E-state index contributed by atoms with van der Waals surface area (Å²) in [6.45, 7) is 1.76. The number of rotatable bonds is 8. The number of benzene rings is 1. The van der Waals surface area contributed by atoms with E-state index in [9.17, 15) is 14.4 Å². The lowest BCUT2D eigenvalue weighted by Crippen LogP contribution is -2.28. The Kier molecular flexibility index (Phi) is 7.02. The molecule has 2 aromatic rings. The summed E-state index contributed by atoms with van der Waals surface area (Å²) in [5.74, 6) is -1.37. The van der Waals surface area contributed by atoms with Crippen molar-refractivity contribution in [2.75, 3.05) is 11.9 Å². The maximum Gasteiger partial charge on any atom is 0.306 e. The molecule has 0 spiro atoms. The molecular formula is C16H18N4O4S. The molecule has 1 heterocycles. The van der Waals surface area contributed by atoms with Gasteiger partial charge in [-0.1, -0.05) is 41.7 Å². The Balaban J connectivity index is 1.60. The standard InChI is InChI=1S/C16H18N4O4S/c1-11-19-20-16(25-11)18-13(21)7-8-15(23)24-10-14(22)17-9-12-5-3-2-4-6-12/h2-6H,7-10H2,1H3,(H,17,22)(H,18,20,21). The van der Waals surface area contributed by atoms with E-state index in [1.165, 1.54) is 11.3 Å². The molecule has 0 saturated carbocycles. The molecule has 0 saturated heterocycles. The fraction of sp³-hybridized carbons (Fsp3) is 0.312. The van der Waals surface area contributed by atoms with E-state index < -0.39 is 11.9 Å². The summed E-state index contributed by atoms with van der Waals surface area (Å²) in [5, 5.41) is 13.8. The molecule has 0 radical (unpaired) electrons. The molecule has 25 heavy (non-hydrogen) atoms. The summed E-state index contributed by atoms with van der Waals surface area (Å²) in [5.41, 5.74) is 0.950. The molecule has 0 aliphatic carbocycles. The summed E-state index contributed by atoms with van der Waals surface area (Å²) in [4.78, 5) is 34.9. The van der Waals surface area contributed by atoms with Crippen LogP contribution in [0.5, 0.6) is 0 Å². The fourth-order valence-electron chi connectivity index (χ4n) is 1.81. The van der Waals surface area contributed by atoms with E-state index in [4.69, 9.17) is 4.74 Å². The summed E-state index contributed by atoms with van der Waals surface area (Å²) >= 11 is 1.24. The highest BCUT2D eigenvalue weighted by molar-refractivity contribution is 7.15. The first-order valence-electron chi connectivity index (χ1n) is 7.59. The number of hydrogen-bond acceptors (Lipinski definition) is 7. The van der Waals surface area contributed by atoms with Crippen LogP contribution in [0.1, 0.15) is 23.4 Å². The van der Waals surface area contributed by atoms with Crippen LogP contribution in [0.15, 0.2) is 30.3 Å². The van der Waals surface area contributed by atoms with Crippen LogP contribution in [0.4, 0.5) is 5.13 Å². The van der Waals surface area contributed by atoms with Crippen molar-refractivity contribution in [1.82, 2.24) is 15.5 Å². The molecule has 0 unspecified atom stereocenters. The van der Waals surface area contributed by atoms with E-state index in [0.29, 0.717) is 11.7 Å². The third-order valence-corrected chi connectivity index (χ3v) is 3.78. The minimum Gasteiger partial charge on any atom is -0.456 e. The number of nitrogens with one attached hydrogen (secondary N) is 2. The van der Waals surface area contributed by atoms with Gasteiger partial charge >= 0.3 is 5.97 Å². The van der Waals surface area contributed by atoms with Gasteiger partial charge in [0.1, 0.15) is 5.01 Å². The predicted octanol–water partition coefficient (Wildman–Crippen LogP) is 1.42. The molecule has 0 bridgehead atoms. The summed E-state index contributed by atoms with van der Waals surface area (Å²) < 4.78 is 4.84. The van der Waals surface area contributed by atoms with Crippen molar-refractivity contribution in [1.29, 1.82) is 0 Å². The number of anilines is 1. The van der Waals surface area contributed by atoms with Crippen molar-refractivity contribution in [3.63, 3.8) is 0 Å². The van der Waals surface area contributed by atoms with Crippen molar-refractivity contribution >= 4 is 34.3 Å². The third kappa shape index (κ3) is 7.08. The van der Waals surface area contributed by atoms with Crippen molar-refractivity contribution < 1.29 is 19.1 Å². The molecule has 132 valence electrons. The highest BCUT2D eigenvalue weighted by Crippen LogP contribution is 2.13. The van der Waals surface area contributed by atoms with Gasteiger partial charge in [0.15, 0.2) is 6.61 Å². The molecule has 2 N–H and O–H groups in total. The average Bonchev–Trinajstić information content (AvgIpc) is 3.02. The Morgan fingerprint density at radius 1 is 1.08 bits per heavy atom. The lowest BCUT2D eigenvalue weighted by Gasteiger charge is -2.06. The highest BCUT2D eigenvalue weighted by Gasteiger charge is 2.12. The number of aromatic nitrogens is 2. The highest BCUT2D eigenvalue weighted by atomic mass is 32.1. The van der Waals surface area contributed by atoms with Crippen LogP contribution in [0.3, 0.4) is 0 Å². The van der Waals surface area contributed by atoms with Gasteiger partial charge in [0, 0.05) is 13.0 Å². The molecule has 0 atom stereocenters. The van der Waals surface area contributed by atoms with Crippen LogP contribution in [0.2, 0.25) is 0 Å². The number of amides is 2. The maximum atomic E-state index is 11.7. The number of carbonyl (C=O) groups is 3. The topological polar surface area (TPSA) is 110 Å². The normalized spacial score (nSPS) is 10.1. The number of ether oxygens (including phenoxy) is 1. The van der Waals surface area contributed by atoms with E-state index in [-0.39, 0.29) is 25.4 Å². The largest absolute Gasteiger partial charge is 0.456 e. The Labute approximate surface area is 148 Å². The number of carbonyl (C=O) groups excluding carboxylic acids is 3. The summed E-state index contributed by atoms with van der Waals surface area (Å²) in [6.07, 6.45) is -0.168. The van der Waals surface area contributed by atoms with Crippen molar-refractivity contribution in [2.24, 2.45) is 0 Å². The lowest BCUT2D eigenvalue weighted by molar-refractivity contribution is -0.149. The van der Waals surface area contributed by atoms with E-state index in [2.05, 4.69) is 20.8 Å². The minimum atomic E-state index is -0.613. The second-order valence-corrected chi connectivity index (χ2v) is 6.28. The predicted molar refractivity (Wildman–Crippen MR) is 91.8 cm³/mol. The van der Waals surface area contributed by atoms with Crippen LogP contribution in [0, 0.1) is 6.92 Å². The Morgan fingerprint density at radius 3 is 2.52 bits per heavy atom. The molecule has 2 rings (SSSR count). The second-order valence-electron chi connectivity index (χ2n) is 5.10. The zero-order chi connectivity index (χ0) is 18.1. The molecule has 1 aromatic carbocycles. The van der Waals surface area contributed by atoms with E-state index in [0.717, 1.165) is 10.6 Å². The third-order valence-electron chi connectivity index (χ3n) is 3.03. The average molecular weight is 362 g/mol. The fourth-order valence-corrected chi connectivity index (χ4v) is 2.42. The van der Waals surface area contributed by atoms with Gasteiger partial charge < -0.3 is 15.4 Å². The first-order valence-corrected chi connectivity index (χ1v) is 8.41. The maximum absolute atomic E-state index is 11.7. The summed E-state index contributed by atoms with van der Waals surface area (Å²) in [6, 6.07) is 9.38. The number of aryl methyl sites for hydroxylation is 1. The number of nitrogens with zero attached hydrogens (tertiary/aromatic N) is 2. The van der Waals surface area contributed by atoms with Crippen LogP contribution >= 0.6 is 11.3 Å². The van der Waals surface area contributed by atoms with Crippen molar-refractivity contribution in [3.8, 4) is 0 Å². The van der Waals surface area contributed by atoms with Crippen LogP contribution < -0.4 is 10.6 Å². The second kappa shape index (κ2) is 9.48. The van der Waals surface area contributed by atoms with Gasteiger partial charge in [-0.05, 0) is 12.5 Å². The van der Waals surface area contributed by atoms with Crippen LogP contribution in [-0.4, -0.2) is 34.6 Å². The molecule has 8 nitrogen and oxygen atoms in total. The van der Waals surface area contributed by atoms with Gasteiger partial charge in [-0.25, -0.2) is 0 Å². The molecule has 9 heteroatoms. The van der Waals surface area contributed by atoms with Gasteiger partial charge in [-0.15, -0.1) is 10.2 Å². The first-order chi connectivity index (χ1) is 12.0. The number of esters is 1. The molecule has 1 aromatic heterocycles. The van der Waals surface area contributed by atoms with Crippen LogP contribution in [-0.2, 0) is 25.7 Å². The molecule has 0 fully saturated rings. The Morgan fingerprint density at radius 2 is 1.84 bits per heavy atom. The van der Waals surface area contributed by atoms with Crippen molar-refractivity contribution in [3.05, 3.63) is 40.9 Å². The quantitative estimate of drug-likeness (QED) is 0.687. The summed E-state index contributed by atoms with van der Waals surface area (Å²) in [7, 11) is 0. The van der Waals surface area contributed by atoms with Crippen LogP contribution in [0.25, 0.3) is 0 Å². The minimum absolute atomic E-state index is 0.0525. The zero-order valence-electron chi connectivity index (χ0n) is 13.7. The molecule has 0 aliphatic heterocycles. The van der Waals surface area contributed by atoms with Gasteiger partial charge in [0.25, 0.3) is 5.91 Å². The monoisotopic (exact) mass is 362 g/mol. The van der Waals surface area contributed by atoms with E-state index >= 15 is 0 Å². The Hall–Kier alpha value is -2.81. The van der Waals surface area contributed by atoms with E-state index in [1.54, 1.807) is 6.92 Å². The molecular weight excluding hydrogens is 344 g/mol. The van der Waals surface area contributed by atoms with Gasteiger partial charge in [-0.3, -0.25) is 14.4 Å². The van der Waals surface area contributed by atoms with Gasteiger partial charge in [0.2, 0.25) is 11.0 Å². The van der Waals surface area contributed by atoms with E-state index in [1.807, 2.05) is 30.3 Å². The van der Waals surface area contributed by atoms with Gasteiger partial charge in [0.05, 0.1) is 6.42 Å². The zero-order valence-corrected chi connectivity index (χ0v) is 14.5. The first kappa shape index (κ1) is 18.5. The lowest BCUT2D eigenvalue weighted by atomic mass is 10.2.